The van der Waals surface area contributed by atoms with Crippen LogP contribution in [0.25, 0.3) is 0 Å². The molecule has 0 aromatic heterocycles. The molecule has 0 saturated carbocycles. The van der Waals surface area contributed by atoms with Crippen LogP contribution in [0.5, 0.6) is 0 Å². The van der Waals surface area contributed by atoms with Crippen molar-refractivity contribution in [1.29, 1.82) is 0 Å². The number of amides is 1. The van der Waals surface area contributed by atoms with E-state index in [1.54, 1.807) is 4.90 Å². The summed E-state index contributed by atoms with van der Waals surface area (Å²) in [5.41, 5.74) is -0.130. The first-order valence-electron chi connectivity index (χ1n) is 7.51. The fourth-order valence-corrected chi connectivity index (χ4v) is 2.65. The maximum atomic E-state index is 14.0. The molecule has 5 heteroatoms. The fraction of sp³-hybridized carbons (Fsp3) is 0.562. The highest BCUT2D eigenvalue weighted by Crippen LogP contribution is 2.20. The standard InChI is InChI=1S/C16H22F2N2O/c1-3-8-19-12-6-9-20(10-7-12)16(21)14-13(17)5-4-11(2)15(14)18/h4-5,12,19H,3,6-10H2,1-2H3. The lowest BCUT2D eigenvalue weighted by Crippen LogP contribution is -2.45. The van der Waals surface area contributed by atoms with Crippen molar-refractivity contribution in [2.24, 2.45) is 0 Å². The quantitative estimate of drug-likeness (QED) is 0.926. The highest BCUT2D eigenvalue weighted by atomic mass is 19.1. The first-order chi connectivity index (χ1) is 10.0. The first kappa shape index (κ1) is 15.9. The van der Waals surface area contributed by atoms with Gasteiger partial charge in [-0.15, -0.1) is 0 Å². The van der Waals surface area contributed by atoms with Crippen LogP contribution in [-0.2, 0) is 0 Å². The molecule has 1 heterocycles. The summed E-state index contributed by atoms with van der Waals surface area (Å²) in [5.74, 6) is -2.07. The average Bonchev–Trinajstić information content (AvgIpc) is 2.49. The van der Waals surface area contributed by atoms with Crippen molar-refractivity contribution in [2.45, 2.75) is 39.2 Å². The van der Waals surface area contributed by atoms with Crippen molar-refractivity contribution < 1.29 is 13.6 Å². The Morgan fingerprint density at radius 3 is 2.62 bits per heavy atom. The Hall–Kier alpha value is -1.49. The minimum Gasteiger partial charge on any atom is -0.338 e. The molecule has 2 rings (SSSR count). The molecular formula is C16H22F2N2O. The van der Waals surface area contributed by atoms with Gasteiger partial charge in [-0.05, 0) is 44.4 Å². The Bertz CT molecular complexity index is 511. The van der Waals surface area contributed by atoms with E-state index in [1.807, 2.05) is 0 Å². The van der Waals surface area contributed by atoms with Crippen LogP contribution in [-0.4, -0.2) is 36.5 Å². The number of nitrogens with one attached hydrogen (secondary N) is 1. The molecule has 0 radical (unpaired) electrons. The third-order valence-corrected chi connectivity index (χ3v) is 3.96. The number of carbonyl (C=O) groups excluding carboxylic acids is 1. The van der Waals surface area contributed by atoms with E-state index in [9.17, 15) is 13.6 Å². The Morgan fingerprint density at radius 2 is 2.00 bits per heavy atom. The molecule has 0 unspecified atom stereocenters. The predicted molar refractivity (Wildman–Crippen MR) is 78.3 cm³/mol. The van der Waals surface area contributed by atoms with Gasteiger partial charge in [0, 0.05) is 19.1 Å². The minimum absolute atomic E-state index is 0.291. The molecule has 0 bridgehead atoms. The number of hydrogen-bond donors (Lipinski definition) is 1. The second kappa shape index (κ2) is 6.98. The van der Waals surface area contributed by atoms with Gasteiger partial charge in [-0.1, -0.05) is 13.0 Å². The number of carbonyl (C=O) groups is 1. The van der Waals surface area contributed by atoms with Gasteiger partial charge in [0.1, 0.15) is 17.2 Å². The molecule has 1 N–H and O–H groups in total. The highest BCUT2D eigenvalue weighted by molar-refractivity contribution is 5.95. The lowest BCUT2D eigenvalue weighted by molar-refractivity contribution is 0.0695. The molecule has 1 aromatic carbocycles. The number of rotatable bonds is 4. The second-order valence-corrected chi connectivity index (χ2v) is 5.57. The lowest BCUT2D eigenvalue weighted by Gasteiger charge is -2.32. The average molecular weight is 296 g/mol. The molecule has 1 saturated heterocycles. The summed E-state index contributed by atoms with van der Waals surface area (Å²) in [5, 5.41) is 3.42. The minimum atomic E-state index is -0.783. The van der Waals surface area contributed by atoms with Gasteiger partial charge in [0.25, 0.3) is 5.91 Å². The number of hydrogen-bond acceptors (Lipinski definition) is 2. The highest BCUT2D eigenvalue weighted by Gasteiger charge is 2.27. The topological polar surface area (TPSA) is 32.3 Å². The Labute approximate surface area is 124 Å². The van der Waals surface area contributed by atoms with Crippen molar-refractivity contribution in [1.82, 2.24) is 10.2 Å². The summed E-state index contributed by atoms with van der Waals surface area (Å²) in [6.07, 6.45) is 2.71. The van der Waals surface area contributed by atoms with Crippen LogP contribution >= 0.6 is 0 Å². The molecule has 1 fully saturated rings. The third-order valence-electron chi connectivity index (χ3n) is 3.96. The Kier molecular flexibility index (Phi) is 5.28. The molecule has 21 heavy (non-hydrogen) atoms. The van der Waals surface area contributed by atoms with Crippen LogP contribution in [0.3, 0.4) is 0 Å². The normalized spacial score (nSPS) is 16.3. The molecule has 1 aliphatic heterocycles. The number of benzene rings is 1. The first-order valence-corrected chi connectivity index (χ1v) is 7.51. The van der Waals surface area contributed by atoms with Crippen LogP contribution < -0.4 is 5.32 Å². The number of piperidine rings is 1. The van der Waals surface area contributed by atoms with Gasteiger partial charge in [0.05, 0.1) is 0 Å². The van der Waals surface area contributed by atoms with Gasteiger partial charge in [0.2, 0.25) is 0 Å². The molecule has 1 amide bonds. The Balaban J connectivity index is 2.04. The van der Waals surface area contributed by atoms with Gasteiger partial charge in [0.15, 0.2) is 0 Å². The molecule has 0 aliphatic carbocycles. The molecule has 0 spiro atoms. The van der Waals surface area contributed by atoms with E-state index in [0.29, 0.717) is 24.7 Å². The van der Waals surface area contributed by atoms with Crippen LogP contribution in [0.4, 0.5) is 8.78 Å². The maximum Gasteiger partial charge on any atom is 0.259 e. The summed E-state index contributed by atoms with van der Waals surface area (Å²) in [4.78, 5) is 13.9. The fourth-order valence-electron chi connectivity index (χ4n) is 2.65. The Morgan fingerprint density at radius 1 is 1.33 bits per heavy atom. The maximum absolute atomic E-state index is 14.0. The summed E-state index contributed by atoms with van der Waals surface area (Å²) < 4.78 is 27.8. The summed E-state index contributed by atoms with van der Waals surface area (Å²) >= 11 is 0. The summed E-state index contributed by atoms with van der Waals surface area (Å²) in [6.45, 7) is 5.67. The van der Waals surface area contributed by atoms with E-state index in [-0.39, 0.29) is 0 Å². The van der Waals surface area contributed by atoms with E-state index < -0.39 is 23.1 Å². The van der Waals surface area contributed by atoms with Crippen LogP contribution in [0, 0.1) is 18.6 Å². The number of halogens is 2. The zero-order valence-electron chi connectivity index (χ0n) is 12.6. The largest absolute Gasteiger partial charge is 0.338 e. The number of likely N-dealkylation sites (tertiary alicyclic amines) is 1. The molecule has 3 nitrogen and oxygen atoms in total. The lowest BCUT2D eigenvalue weighted by atomic mass is 10.0. The molecule has 116 valence electrons. The predicted octanol–water partition coefficient (Wildman–Crippen LogP) is 2.88. The molecule has 1 aromatic rings. The van der Waals surface area contributed by atoms with Crippen molar-refractivity contribution in [3.05, 3.63) is 34.9 Å². The number of nitrogens with zero attached hydrogens (tertiary/aromatic N) is 1. The monoisotopic (exact) mass is 296 g/mol. The summed E-state index contributed by atoms with van der Waals surface area (Å²) in [6, 6.07) is 2.89. The number of aryl methyl sites for hydroxylation is 1. The van der Waals surface area contributed by atoms with Crippen molar-refractivity contribution >= 4 is 5.91 Å². The zero-order chi connectivity index (χ0) is 15.4. The van der Waals surface area contributed by atoms with Crippen molar-refractivity contribution in [2.75, 3.05) is 19.6 Å². The van der Waals surface area contributed by atoms with Gasteiger partial charge >= 0.3 is 0 Å². The van der Waals surface area contributed by atoms with Crippen molar-refractivity contribution in [3.8, 4) is 0 Å². The van der Waals surface area contributed by atoms with Gasteiger partial charge in [-0.3, -0.25) is 4.79 Å². The van der Waals surface area contributed by atoms with Gasteiger partial charge < -0.3 is 10.2 Å². The van der Waals surface area contributed by atoms with Crippen LogP contribution in [0.15, 0.2) is 12.1 Å². The van der Waals surface area contributed by atoms with Crippen molar-refractivity contribution in [3.63, 3.8) is 0 Å². The zero-order valence-corrected chi connectivity index (χ0v) is 12.6. The van der Waals surface area contributed by atoms with E-state index in [1.165, 1.54) is 13.0 Å². The molecule has 0 atom stereocenters. The van der Waals surface area contributed by atoms with Crippen LogP contribution in [0.2, 0.25) is 0 Å². The van der Waals surface area contributed by atoms with Gasteiger partial charge in [-0.2, -0.15) is 0 Å². The summed E-state index contributed by atoms with van der Waals surface area (Å²) in [7, 11) is 0. The van der Waals surface area contributed by atoms with E-state index in [2.05, 4.69) is 12.2 Å². The van der Waals surface area contributed by atoms with E-state index in [4.69, 9.17) is 0 Å². The third kappa shape index (κ3) is 3.59. The van der Waals surface area contributed by atoms with E-state index >= 15 is 0 Å². The molecule has 1 aliphatic rings. The smallest absolute Gasteiger partial charge is 0.259 e. The van der Waals surface area contributed by atoms with Crippen LogP contribution in [0.1, 0.15) is 42.1 Å². The second-order valence-electron chi connectivity index (χ2n) is 5.57. The van der Waals surface area contributed by atoms with E-state index in [0.717, 1.165) is 31.9 Å². The SMILES string of the molecule is CCCNC1CCN(C(=O)c2c(F)ccc(C)c2F)CC1. The molecular weight excluding hydrogens is 274 g/mol. The van der Waals surface area contributed by atoms with Gasteiger partial charge in [-0.25, -0.2) is 8.78 Å².